The number of carbonyl (C=O) groups is 1. The number of amides is 1. The fourth-order valence-corrected chi connectivity index (χ4v) is 1.80. The van der Waals surface area contributed by atoms with E-state index in [1.54, 1.807) is 28.4 Å². The average molecular weight is 282 g/mol. The molecule has 1 aromatic carbocycles. The van der Waals surface area contributed by atoms with Gasteiger partial charge in [0.25, 0.3) is 0 Å². The van der Waals surface area contributed by atoms with Crippen LogP contribution in [-0.4, -0.2) is 40.8 Å². The Bertz CT molecular complexity index is 437. The molecule has 0 aromatic heterocycles. The molecule has 20 heavy (non-hydrogen) atoms. The van der Waals surface area contributed by atoms with Crippen LogP contribution >= 0.6 is 0 Å². The van der Waals surface area contributed by atoms with E-state index in [1.165, 1.54) is 0 Å². The van der Waals surface area contributed by atoms with Crippen molar-refractivity contribution in [3.63, 3.8) is 0 Å². The third-order valence-corrected chi connectivity index (χ3v) is 3.03. The summed E-state index contributed by atoms with van der Waals surface area (Å²) in [5.41, 5.74) is 0.948. The lowest BCUT2D eigenvalue weighted by molar-refractivity contribution is -0.119. The smallest absolute Gasteiger partial charge is 0.233 e. The van der Waals surface area contributed by atoms with Crippen molar-refractivity contribution in [3.05, 3.63) is 17.7 Å². The summed E-state index contributed by atoms with van der Waals surface area (Å²) in [6.45, 7) is 2.21. The fourth-order valence-electron chi connectivity index (χ4n) is 1.80. The molecule has 1 atom stereocenters. The Morgan fingerprint density at radius 2 is 1.70 bits per heavy atom. The van der Waals surface area contributed by atoms with Crippen molar-refractivity contribution in [2.75, 3.05) is 34.9 Å². The van der Waals surface area contributed by atoms with Gasteiger partial charge in [0.1, 0.15) is 0 Å². The van der Waals surface area contributed by atoms with Gasteiger partial charge in [0.15, 0.2) is 11.5 Å². The first-order chi connectivity index (χ1) is 9.57. The van der Waals surface area contributed by atoms with Crippen molar-refractivity contribution in [1.82, 2.24) is 10.6 Å². The van der Waals surface area contributed by atoms with Crippen molar-refractivity contribution >= 4 is 5.91 Å². The van der Waals surface area contributed by atoms with Gasteiger partial charge in [0.2, 0.25) is 11.7 Å². The van der Waals surface area contributed by atoms with Gasteiger partial charge in [-0.25, -0.2) is 0 Å². The third kappa shape index (κ3) is 3.77. The van der Waals surface area contributed by atoms with Crippen LogP contribution in [0.5, 0.6) is 17.2 Å². The molecule has 0 aliphatic carbocycles. The highest BCUT2D eigenvalue weighted by Crippen LogP contribution is 2.39. The number of carbonyl (C=O) groups excluding carboxylic acids is 1. The second-order valence-corrected chi connectivity index (χ2v) is 4.23. The molecule has 1 aromatic rings. The Labute approximate surface area is 119 Å². The fraction of sp³-hybridized carbons (Fsp3) is 0.500. The molecule has 0 heterocycles. The van der Waals surface area contributed by atoms with E-state index in [4.69, 9.17) is 14.2 Å². The van der Waals surface area contributed by atoms with Crippen LogP contribution in [0, 0.1) is 0 Å². The standard InChI is InChI=1S/C14H22N2O4/c1-9(16-8-13(17)15-2)10-6-11(18-3)14(20-5)12(7-10)19-4/h6-7,9,16H,8H2,1-5H3,(H,15,17). The SMILES string of the molecule is CNC(=O)CNC(C)c1cc(OC)c(OC)c(OC)c1. The molecule has 0 spiro atoms. The third-order valence-electron chi connectivity index (χ3n) is 3.03. The summed E-state index contributed by atoms with van der Waals surface area (Å²) in [5.74, 6) is 1.67. The van der Waals surface area contributed by atoms with Crippen LogP contribution in [0.2, 0.25) is 0 Å². The lowest BCUT2D eigenvalue weighted by Gasteiger charge is -2.18. The molecular formula is C14H22N2O4. The number of benzene rings is 1. The van der Waals surface area contributed by atoms with Crippen LogP contribution in [0.3, 0.4) is 0 Å². The predicted octanol–water partition coefficient (Wildman–Crippen LogP) is 1.11. The van der Waals surface area contributed by atoms with E-state index in [-0.39, 0.29) is 18.5 Å². The number of rotatable bonds is 7. The minimum Gasteiger partial charge on any atom is -0.493 e. The molecule has 0 aliphatic rings. The number of hydrogen-bond acceptors (Lipinski definition) is 5. The predicted molar refractivity (Wildman–Crippen MR) is 76.6 cm³/mol. The van der Waals surface area contributed by atoms with Crippen molar-refractivity contribution in [2.45, 2.75) is 13.0 Å². The zero-order chi connectivity index (χ0) is 15.1. The molecule has 1 unspecified atom stereocenters. The summed E-state index contributed by atoms with van der Waals surface area (Å²) in [6, 6.07) is 3.70. The maximum absolute atomic E-state index is 11.3. The molecule has 0 aliphatic heterocycles. The highest BCUT2D eigenvalue weighted by atomic mass is 16.5. The molecule has 1 rings (SSSR count). The summed E-state index contributed by atoms with van der Waals surface area (Å²) in [5, 5.41) is 5.69. The van der Waals surface area contributed by atoms with Gasteiger partial charge in [0.05, 0.1) is 27.9 Å². The first-order valence-corrected chi connectivity index (χ1v) is 6.31. The zero-order valence-electron chi connectivity index (χ0n) is 12.6. The molecule has 6 nitrogen and oxygen atoms in total. The van der Waals surface area contributed by atoms with Gasteiger partial charge in [0, 0.05) is 13.1 Å². The van der Waals surface area contributed by atoms with Crippen LogP contribution in [0.25, 0.3) is 0 Å². The molecular weight excluding hydrogens is 260 g/mol. The van der Waals surface area contributed by atoms with Crippen LogP contribution in [0.4, 0.5) is 0 Å². The Hall–Kier alpha value is -1.95. The number of ether oxygens (including phenoxy) is 3. The van der Waals surface area contributed by atoms with E-state index >= 15 is 0 Å². The Balaban J connectivity index is 2.97. The van der Waals surface area contributed by atoms with Crippen LogP contribution < -0.4 is 24.8 Å². The average Bonchev–Trinajstić information content (AvgIpc) is 2.50. The van der Waals surface area contributed by atoms with E-state index in [1.807, 2.05) is 19.1 Å². The molecule has 0 fully saturated rings. The highest BCUT2D eigenvalue weighted by molar-refractivity contribution is 5.77. The van der Waals surface area contributed by atoms with Crippen molar-refractivity contribution < 1.29 is 19.0 Å². The summed E-state index contributed by atoms with van der Waals surface area (Å²) in [7, 11) is 6.31. The summed E-state index contributed by atoms with van der Waals surface area (Å²) >= 11 is 0. The molecule has 6 heteroatoms. The largest absolute Gasteiger partial charge is 0.493 e. The van der Waals surface area contributed by atoms with Crippen molar-refractivity contribution in [3.8, 4) is 17.2 Å². The molecule has 112 valence electrons. The molecule has 0 radical (unpaired) electrons. The lowest BCUT2D eigenvalue weighted by atomic mass is 10.1. The second-order valence-electron chi connectivity index (χ2n) is 4.23. The Morgan fingerprint density at radius 1 is 1.15 bits per heavy atom. The topological polar surface area (TPSA) is 68.8 Å². The van der Waals surface area contributed by atoms with Crippen molar-refractivity contribution in [1.29, 1.82) is 0 Å². The molecule has 2 N–H and O–H groups in total. The number of nitrogens with one attached hydrogen (secondary N) is 2. The summed E-state index contributed by atoms with van der Waals surface area (Å²) in [4.78, 5) is 11.3. The normalized spacial score (nSPS) is 11.7. The van der Waals surface area contributed by atoms with Gasteiger partial charge in [-0.2, -0.15) is 0 Å². The van der Waals surface area contributed by atoms with Crippen LogP contribution in [0.1, 0.15) is 18.5 Å². The number of hydrogen-bond donors (Lipinski definition) is 2. The first-order valence-electron chi connectivity index (χ1n) is 6.31. The van der Waals surface area contributed by atoms with Gasteiger partial charge in [-0.05, 0) is 24.6 Å². The lowest BCUT2D eigenvalue weighted by Crippen LogP contribution is -2.32. The number of likely N-dealkylation sites (N-methyl/N-ethyl adjacent to an activating group) is 1. The summed E-state index contributed by atoms with van der Waals surface area (Å²) < 4.78 is 15.9. The zero-order valence-corrected chi connectivity index (χ0v) is 12.6. The van der Waals surface area contributed by atoms with Gasteiger partial charge in [-0.1, -0.05) is 0 Å². The van der Waals surface area contributed by atoms with E-state index in [2.05, 4.69) is 10.6 Å². The van der Waals surface area contributed by atoms with Crippen LogP contribution in [-0.2, 0) is 4.79 Å². The van der Waals surface area contributed by atoms with E-state index in [0.29, 0.717) is 17.2 Å². The second kappa shape index (κ2) is 7.59. The van der Waals surface area contributed by atoms with E-state index < -0.39 is 0 Å². The molecule has 0 saturated carbocycles. The minimum atomic E-state index is -0.0655. The van der Waals surface area contributed by atoms with Gasteiger partial charge < -0.3 is 24.8 Å². The van der Waals surface area contributed by atoms with Gasteiger partial charge >= 0.3 is 0 Å². The molecule has 0 bridgehead atoms. The maximum Gasteiger partial charge on any atom is 0.233 e. The van der Waals surface area contributed by atoms with Gasteiger partial charge in [-0.3, -0.25) is 4.79 Å². The Morgan fingerprint density at radius 3 is 2.10 bits per heavy atom. The van der Waals surface area contributed by atoms with E-state index in [0.717, 1.165) is 5.56 Å². The van der Waals surface area contributed by atoms with Gasteiger partial charge in [-0.15, -0.1) is 0 Å². The van der Waals surface area contributed by atoms with E-state index in [9.17, 15) is 4.79 Å². The highest BCUT2D eigenvalue weighted by Gasteiger charge is 2.16. The van der Waals surface area contributed by atoms with Crippen LogP contribution in [0.15, 0.2) is 12.1 Å². The minimum absolute atomic E-state index is 0.0268. The Kier molecular flexibility index (Phi) is 6.11. The maximum atomic E-state index is 11.3. The quantitative estimate of drug-likeness (QED) is 0.784. The summed E-state index contributed by atoms with van der Waals surface area (Å²) in [6.07, 6.45) is 0. The van der Waals surface area contributed by atoms with Crippen molar-refractivity contribution in [2.24, 2.45) is 0 Å². The molecule has 1 amide bonds. The first kappa shape index (κ1) is 16.1. The number of methoxy groups -OCH3 is 3. The molecule has 0 saturated heterocycles. The monoisotopic (exact) mass is 282 g/mol.